The van der Waals surface area contributed by atoms with Crippen molar-refractivity contribution in [3.63, 3.8) is 0 Å². The normalized spacial score (nSPS) is 20.3. The molecule has 1 aliphatic heterocycles. The maximum Gasteiger partial charge on any atom is 0.229 e. The van der Waals surface area contributed by atoms with Crippen molar-refractivity contribution in [1.29, 1.82) is 0 Å². The Morgan fingerprint density at radius 3 is 2.65 bits per heavy atom. The van der Waals surface area contributed by atoms with Crippen LogP contribution in [0.2, 0.25) is 0 Å². The molecule has 1 heterocycles. The van der Waals surface area contributed by atoms with Gasteiger partial charge < -0.3 is 15.7 Å². The van der Waals surface area contributed by atoms with Crippen molar-refractivity contribution in [2.75, 3.05) is 5.32 Å². The maximum absolute atomic E-state index is 10.9. The minimum Gasteiger partial charge on any atom is -0.612 e. The number of nitrogens with zero attached hydrogens (tertiary/aromatic N) is 1. The number of fused-ring (bicyclic) bond motifs is 1. The summed E-state index contributed by atoms with van der Waals surface area (Å²) in [6.45, 7) is 0. The molecule has 1 aromatic rings. The zero-order chi connectivity index (χ0) is 13.9. The Kier molecular flexibility index (Phi) is 3.35. The highest BCUT2D eigenvalue weighted by Gasteiger charge is 2.14. The fourth-order valence-corrected chi connectivity index (χ4v) is 2.88. The van der Waals surface area contributed by atoms with Crippen LogP contribution in [-0.2, 0) is 0 Å². The highest BCUT2D eigenvalue weighted by atomic mass is 32.2. The quantitative estimate of drug-likeness (QED) is 0.632. The predicted octanol–water partition coefficient (Wildman–Crippen LogP) is 3.55. The number of anilines is 1. The van der Waals surface area contributed by atoms with E-state index in [0.717, 1.165) is 15.6 Å². The van der Waals surface area contributed by atoms with Crippen LogP contribution in [0.3, 0.4) is 0 Å². The summed E-state index contributed by atoms with van der Waals surface area (Å²) in [5.41, 5.74) is 1.79. The molecule has 0 fully saturated rings. The second kappa shape index (κ2) is 5.30. The molecule has 3 rings (SSSR count). The second-order valence-corrected chi connectivity index (χ2v) is 5.32. The van der Waals surface area contributed by atoms with E-state index in [9.17, 15) is 10.4 Å². The number of nitrogens with one attached hydrogen (secondary N) is 1. The molecule has 1 aromatic carbocycles. The molecule has 0 saturated heterocycles. The van der Waals surface area contributed by atoms with Gasteiger partial charge in [0.15, 0.2) is 0 Å². The van der Waals surface area contributed by atoms with Crippen LogP contribution in [0.15, 0.2) is 76.2 Å². The van der Waals surface area contributed by atoms with E-state index in [0.29, 0.717) is 5.57 Å². The van der Waals surface area contributed by atoms with E-state index in [1.165, 1.54) is 6.08 Å². The molecule has 1 N–H and O–H groups in total. The third-order valence-electron chi connectivity index (χ3n) is 2.91. The van der Waals surface area contributed by atoms with E-state index in [-0.39, 0.29) is 10.6 Å². The number of hydrogen-bond acceptors (Lipinski definition) is 4. The van der Waals surface area contributed by atoms with E-state index in [4.69, 9.17) is 0 Å². The highest BCUT2D eigenvalue weighted by molar-refractivity contribution is 8.03. The topological polar surface area (TPSA) is 61.2 Å². The molecule has 2 aliphatic rings. The highest BCUT2D eigenvalue weighted by Crippen LogP contribution is 2.40. The lowest BCUT2D eigenvalue weighted by atomic mass is 10.1. The Morgan fingerprint density at radius 1 is 1.05 bits per heavy atom. The van der Waals surface area contributed by atoms with Crippen LogP contribution in [0, 0.1) is 10.4 Å². The molecule has 0 spiro atoms. The SMILES string of the molecule is [O-][N+]([O-])=C1C=CC=CC1=CC=C1Nc2ccccc2S1. The lowest BCUT2D eigenvalue weighted by molar-refractivity contribution is -0.377. The summed E-state index contributed by atoms with van der Waals surface area (Å²) in [4.78, 5) is 0.795. The molecule has 0 unspecified atom stereocenters. The van der Waals surface area contributed by atoms with Gasteiger partial charge in [-0.1, -0.05) is 36.0 Å². The summed E-state index contributed by atoms with van der Waals surface area (Å²) in [5.74, 6) is 0. The first-order valence-electron chi connectivity index (χ1n) is 6.06. The number of thioether (sulfide) groups is 1. The van der Waals surface area contributed by atoms with Gasteiger partial charge in [-0.25, -0.2) is 0 Å². The number of para-hydroxylation sites is 1. The molecule has 5 heteroatoms. The molecule has 0 bridgehead atoms. The third-order valence-corrected chi connectivity index (χ3v) is 3.95. The first-order chi connectivity index (χ1) is 9.74. The van der Waals surface area contributed by atoms with Crippen LogP contribution in [0.4, 0.5) is 5.69 Å². The third kappa shape index (κ3) is 2.48. The largest absolute Gasteiger partial charge is 0.612 e. The van der Waals surface area contributed by atoms with Gasteiger partial charge in [-0.05, 0) is 30.4 Å². The molecule has 0 saturated carbocycles. The Balaban J connectivity index is 1.85. The van der Waals surface area contributed by atoms with E-state index in [1.807, 2.05) is 30.3 Å². The summed E-state index contributed by atoms with van der Waals surface area (Å²) in [5, 5.41) is 26.1. The van der Waals surface area contributed by atoms with Gasteiger partial charge >= 0.3 is 0 Å². The van der Waals surface area contributed by atoms with Crippen LogP contribution >= 0.6 is 11.8 Å². The van der Waals surface area contributed by atoms with Crippen molar-refractivity contribution in [2.24, 2.45) is 0 Å². The zero-order valence-electron chi connectivity index (χ0n) is 10.4. The van der Waals surface area contributed by atoms with Crippen molar-refractivity contribution in [3.05, 3.63) is 81.7 Å². The molecule has 0 aromatic heterocycles. The average Bonchev–Trinajstić information content (AvgIpc) is 2.88. The Morgan fingerprint density at radius 2 is 1.85 bits per heavy atom. The fourth-order valence-electron chi connectivity index (χ4n) is 1.97. The van der Waals surface area contributed by atoms with Gasteiger partial charge in [-0.3, -0.25) is 0 Å². The Bertz CT molecular complexity index is 669. The molecule has 0 amide bonds. The summed E-state index contributed by atoms with van der Waals surface area (Å²) in [6, 6.07) is 8.01. The van der Waals surface area contributed by atoms with Gasteiger partial charge in [0, 0.05) is 16.5 Å². The van der Waals surface area contributed by atoms with E-state index >= 15 is 0 Å². The lowest BCUT2D eigenvalue weighted by Crippen LogP contribution is -2.11. The van der Waals surface area contributed by atoms with E-state index < -0.39 is 0 Å². The summed E-state index contributed by atoms with van der Waals surface area (Å²) < 4.78 is 0. The molecular formula is C15H11N2O2S-. The smallest absolute Gasteiger partial charge is 0.229 e. The van der Waals surface area contributed by atoms with Gasteiger partial charge in [0.1, 0.15) is 0 Å². The summed E-state index contributed by atoms with van der Waals surface area (Å²) in [7, 11) is 0. The number of rotatable bonds is 1. The van der Waals surface area contributed by atoms with Gasteiger partial charge in [0.05, 0.1) is 10.7 Å². The minimum absolute atomic E-state index is 0.116. The number of allylic oxidation sites excluding steroid dienone is 7. The van der Waals surface area contributed by atoms with Crippen LogP contribution in [0.5, 0.6) is 0 Å². The number of benzene rings is 1. The van der Waals surface area contributed by atoms with Crippen LogP contribution in [0.1, 0.15) is 0 Å². The first-order valence-corrected chi connectivity index (χ1v) is 6.88. The van der Waals surface area contributed by atoms with E-state index in [1.54, 1.807) is 36.1 Å². The second-order valence-electron chi connectivity index (χ2n) is 4.24. The summed E-state index contributed by atoms with van der Waals surface area (Å²) in [6.07, 6.45) is 10.3. The molecule has 100 valence electrons. The molecule has 4 nitrogen and oxygen atoms in total. The summed E-state index contributed by atoms with van der Waals surface area (Å²) >= 11 is 1.62. The standard InChI is InChI=1S/C15H11N2O2S/c18-17(19)13-7-3-1-5-11(13)9-10-15-16-12-6-2-4-8-14(12)20-15/h1-10,16H/q-1. The van der Waals surface area contributed by atoms with Crippen molar-refractivity contribution in [2.45, 2.75) is 4.90 Å². The van der Waals surface area contributed by atoms with Crippen LogP contribution in [-0.4, -0.2) is 10.6 Å². The first kappa shape index (κ1) is 12.6. The Hall–Kier alpha value is -2.40. The van der Waals surface area contributed by atoms with Gasteiger partial charge in [0.25, 0.3) is 0 Å². The molecule has 1 aliphatic carbocycles. The number of hydrogen-bond donors (Lipinski definition) is 1. The van der Waals surface area contributed by atoms with Crippen molar-refractivity contribution in [1.82, 2.24) is 0 Å². The molecule has 20 heavy (non-hydrogen) atoms. The average molecular weight is 283 g/mol. The van der Waals surface area contributed by atoms with Gasteiger partial charge in [0.2, 0.25) is 5.71 Å². The van der Waals surface area contributed by atoms with Crippen molar-refractivity contribution >= 4 is 23.2 Å². The van der Waals surface area contributed by atoms with E-state index in [2.05, 4.69) is 5.32 Å². The fraction of sp³-hybridized carbons (Fsp3) is 0. The molecule has 0 radical (unpaired) electrons. The van der Waals surface area contributed by atoms with Crippen LogP contribution in [0.25, 0.3) is 0 Å². The van der Waals surface area contributed by atoms with Crippen LogP contribution < -0.4 is 5.32 Å². The predicted molar refractivity (Wildman–Crippen MR) is 82.4 cm³/mol. The van der Waals surface area contributed by atoms with Gasteiger partial charge in [-0.15, -0.1) is 0 Å². The zero-order valence-corrected chi connectivity index (χ0v) is 11.3. The molecular weight excluding hydrogens is 272 g/mol. The maximum atomic E-state index is 10.9. The monoisotopic (exact) mass is 283 g/mol. The van der Waals surface area contributed by atoms with Crippen molar-refractivity contribution < 1.29 is 4.90 Å². The lowest BCUT2D eigenvalue weighted by Gasteiger charge is -2.10. The van der Waals surface area contributed by atoms with Gasteiger partial charge in [-0.2, -0.15) is 4.90 Å². The Labute approximate surface area is 120 Å². The minimum atomic E-state index is -0.367. The molecule has 0 atom stereocenters. The van der Waals surface area contributed by atoms with Crippen molar-refractivity contribution in [3.8, 4) is 0 Å².